The van der Waals surface area contributed by atoms with Gasteiger partial charge in [-0.25, -0.2) is 4.79 Å². The molecule has 2 heterocycles. The van der Waals surface area contributed by atoms with Crippen molar-refractivity contribution >= 4 is 22.6 Å². The van der Waals surface area contributed by atoms with Gasteiger partial charge in [0.15, 0.2) is 0 Å². The minimum atomic E-state index is -0.0744. The number of benzene rings is 2. The highest BCUT2D eigenvalue weighted by molar-refractivity contribution is 5.99. The SMILES string of the molecule is O=C(Nc1cccc2cccnc12)N1CCC(OCc2ccccc2)CC1. The Kier molecular flexibility index (Phi) is 5.30. The summed E-state index contributed by atoms with van der Waals surface area (Å²) in [5, 5.41) is 4.03. The van der Waals surface area contributed by atoms with E-state index in [1.165, 1.54) is 5.56 Å². The molecule has 2 aromatic carbocycles. The molecule has 138 valence electrons. The number of hydrogen-bond donors (Lipinski definition) is 1. The second-order valence-corrected chi connectivity index (χ2v) is 6.79. The van der Waals surface area contributed by atoms with Crippen LogP contribution in [0, 0.1) is 0 Å². The number of likely N-dealkylation sites (tertiary alicyclic amines) is 1. The second-order valence-electron chi connectivity index (χ2n) is 6.79. The van der Waals surface area contributed by atoms with Gasteiger partial charge in [-0.05, 0) is 30.5 Å². The molecule has 0 radical (unpaired) electrons. The van der Waals surface area contributed by atoms with Crippen molar-refractivity contribution in [3.63, 3.8) is 0 Å². The van der Waals surface area contributed by atoms with E-state index in [1.807, 2.05) is 53.4 Å². The van der Waals surface area contributed by atoms with Gasteiger partial charge in [-0.3, -0.25) is 4.98 Å². The summed E-state index contributed by atoms with van der Waals surface area (Å²) >= 11 is 0. The van der Waals surface area contributed by atoms with E-state index in [4.69, 9.17) is 4.74 Å². The third-order valence-electron chi connectivity index (χ3n) is 4.93. The van der Waals surface area contributed by atoms with Crippen LogP contribution in [0.5, 0.6) is 0 Å². The minimum Gasteiger partial charge on any atom is -0.373 e. The van der Waals surface area contributed by atoms with Gasteiger partial charge in [0.05, 0.1) is 23.9 Å². The zero-order valence-electron chi connectivity index (χ0n) is 15.2. The standard InChI is InChI=1S/C22H23N3O2/c26-22(24-20-10-4-8-18-9-5-13-23-21(18)20)25-14-11-19(12-15-25)27-16-17-6-2-1-3-7-17/h1-10,13,19H,11-12,14-16H2,(H,24,26). The number of rotatable bonds is 4. The summed E-state index contributed by atoms with van der Waals surface area (Å²) in [6.07, 6.45) is 3.66. The molecule has 3 aromatic rings. The number of hydrogen-bond acceptors (Lipinski definition) is 3. The molecular weight excluding hydrogens is 338 g/mol. The number of para-hydroxylation sites is 1. The number of fused-ring (bicyclic) bond motifs is 1. The highest BCUT2D eigenvalue weighted by atomic mass is 16.5. The van der Waals surface area contributed by atoms with E-state index in [-0.39, 0.29) is 12.1 Å². The molecule has 2 amide bonds. The fraction of sp³-hybridized carbons (Fsp3) is 0.273. The molecule has 1 fully saturated rings. The fourth-order valence-electron chi connectivity index (χ4n) is 3.41. The highest BCUT2D eigenvalue weighted by Gasteiger charge is 2.23. The summed E-state index contributed by atoms with van der Waals surface area (Å²) in [5.74, 6) is 0. The Balaban J connectivity index is 1.31. The van der Waals surface area contributed by atoms with Crippen molar-refractivity contribution in [1.29, 1.82) is 0 Å². The summed E-state index contributed by atoms with van der Waals surface area (Å²) in [4.78, 5) is 18.9. The molecule has 0 aliphatic carbocycles. The Morgan fingerprint density at radius 1 is 1.04 bits per heavy atom. The van der Waals surface area contributed by atoms with Crippen molar-refractivity contribution in [1.82, 2.24) is 9.88 Å². The van der Waals surface area contributed by atoms with Crippen molar-refractivity contribution in [3.8, 4) is 0 Å². The maximum absolute atomic E-state index is 12.6. The molecule has 1 N–H and O–H groups in total. The van der Waals surface area contributed by atoms with Crippen LogP contribution in [0.4, 0.5) is 10.5 Å². The molecule has 5 heteroatoms. The maximum Gasteiger partial charge on any atom is 0.321 e. The lowest BCUT2D eigenvalue weighted by Gasteiger charge is -2.32. The van der Waals surface area contributed by atoms with Gasteiger partial charge in [-0.1, -0.05) is 48.5 Å². The number of pyridine rings is 1. The zero-order valence-corrected chi connectivity index (χ0v) is 15.2. The lowest BCUT2D eigenvalue weighted by molar-refractivity contribution is 0.00540. The molecule has 0 unspecified atom stereocenters. The monoisotopic (exact) mass is 361 g/mol. The molecule has 27 heavy (non-hydrogen) atoms. The summed E-state index contributed by atoms with van der Waals surface area (Å²) in [7, 11) is 0. The molecule has 1 aromatic heterocycles. The lowest BCUT2D eigenvalue weighted by Crippen LogP contribution is -2.43. The first-order valence-electron chi connectivity index (χ1n) is 9.35. The number of carbonyl (C=O) groups is 1. The van der Waals surface area contributed by atoms with Gasteiger partial charge in [0.2, 0.25) is 0 Å². The Bertz CT molecular complexity index is 900. The van der Waals surface area contributed by atoms with E-state index >= 15 is 0 Å². The average molecular weight is 361 g/mol. The Labute approximate surface area is 159 Å². The van der Waals surface area contributed by atoms with Crippen LogP contribution >= 0.6 is 0 Å². The van der Waals surface area contributed by atoms with Crippen molar-refractivity contribution in [2.45, 2.75) is 25.6 Å². The number of piperidine rings is 1. The number of urea groups is 1. The Hall–Kier alpha value is -2.92. The van der Waals surface area contributed by atoms with Crippen LogP contribution in [0.15, 0.2) is 66.9 Å². The van der Waals surface area contributed by atoms with Gasteiger partial charge in [-0.2, -0.15) is 0 Å². The predicted octanol–water partition coefficient (Wildman–Crippen LogP) is 4.45. The molecule has 0 saturated carbocycles. The molecule has 1 saturated heterocycles. The Morgan fingerprint density at radius 3 is 2.63 bits per heavy atom. The van der Waals surface area contributed by atoms with E-state index in [0.29, 0.717) is 19.7 Å². The predicted molar refractivity (Wildman–Crippen MR) is 107 cm³/mol. The first kappa shape index (κ1) is 17.5. The van der Waals surface area contributed by atoms with Crippen molar-refractivity contribution in [2.75, 3.05) is 18.4 Å². The number of aromatic nitrogens is 1. The summed E-state index contributed by atoms with van der Waals surface area (Å²) < 4.78 is 6.00. The van der Waals surface area contributed by atoms with E-state index in [1.54, 1.807) is 6.20 Å². The number of ether oxygens (including phenoxy) is 1. The van der Waals surface area contributed by atoms with E-state index in [9.17, 15) is 4.79 Å². The van der Waals surface area contributed by atoms with Crippen molar-refractivity contribution in [2.24, 2.45) is 0 Å². The molecule has 1 aliphatic heterocycles. The molecule has 0 spiro atoms. The zero-order chi connectivity index (χ0) is 18.5. The lowest BCUT2D eigenvalue weighted by atomic mass is 10.1. The first-order chi connectivity index (χ1) is 13.3. The summed E-state index contributed by atoms with van der Waals surface area (Å²) in [5.41, 5.74) is 2.75. The van der Waals surface area contributed by atoms with Crippen molar-refractivity contribution in [3.05, 3.63) is 72.4 Å². The fourth-order valence-corrected chi connectivity index (χ4v) is 3.41. The quantitative estimate of drug-likeness (QED) is 0.747. The molecule has 5 nitrogen and oxygen atoms in total. The van der Waals surface area contributed by atoms with Crippen LogP contribution in [0.2, 0.25) is 0 Å². The van der Waals surface area contributed by atoms with E-state index in [0.717, 1.165) is 29.4 Å². The normalized spacial score (nSPS) is 15.0. The molecule has 0 bridgehead atoms. The maximum atomic E-state index is 12.6. The minimum absolute atomic E-state index is 0.0744. The van der Waals surface area contributed by atoms with Crippen LogP contribution in [-0.4, -0.2) is 35.1 Å². The van der Waals surface area contributed by atoms with E-state index < -0.39 is 0 Å². The van der Waals surface area contributed by atoms with Gasteiger partial charge >= 0.3 is 6.03 Å². The largest absolute Gasteiger partial charge is 0.373 e. The number of amides is 2. The van der Waals surface area contributed by atoms with Crippen LogP contribution in [0.25, 0.3) is 10.9 Å². The molecular formula is C22H23N3O2. The molecule has 1 aliphatic rings. The van der Waals surface area contributed by atoms with Gasteiger partial charge in [0.1, 0.15) is 0 Å². The number of anilines is 1. The molecule has 0 atom stereocenters. The van der Waals surface area contributed by atoms with Crippen LogP contribution < -0.4 is 5.32 Å². The number of nitrogens with one attached hydrogen (secondary N) is 1. The first-order valence-corrected chi connectivity index (χ1v) is 9.35. The van der Waals surface area contributed by atoms with Crippen LogP contribution in [-0.2, 0) is 11.3 Å². The summed E-state index contributed by atoms with van der Waals surface area (Å²) in [6, 6.07) is 19.8. The third kappa shape index (κ3) is 4.26. The molecule has 4 rings (SSSR count). The average Bonchev–Trinajstić information content (AvgIpc) is 2.74. The van der Waals surface area contributed by atoms with Crippen LogP contribution in [0.1, 0.15) is 18.4 Å². The third-order valence-corrected chi connectivity index (χ3v) is 4.93. The Morgan fingerprint density at radius 2 is 1.81 bits per heavy atom. The van der Waals surface area contributed by atoms with Crippen LogP contribution in [0.3, 0.4) is 0 Å². The smallest absolute Gasteiger partial charge is 0.321 e. The van der Waals surface area contributed by atoms with E-state index in [2.05, 4.69) is 22.4 Å². The van der Waals surface area contributed by atoms with Gasteiger partial charge in [0, 0.05) is 24.7 Å². The topological polar surface area (TPSA) is 54.5 Å². The van der Waals surface area contributed by atoms with Crippen molar-refractivity contribution < 1.29 is 9.53 Å². The highest BCUT2D eigenvalue weighted by Crippen LogP contribution is 2.22. The summed E-state index contributed by atoms with van der Waals surface area (Å²) in [6.45, 7) is 2.02. The van der Waals surface area contributed by atoms with Gasteiger partial charge in [-0.15, -0.1) is 0 Å². The van der Waals surface area contributed by atoms with Gasteiger partial charge < -0.3 is 15.0 Å². The number of nitrogens with zero attached hydrogens (tertiary/aromatic N) is 2. The number of carbonyl (C=O) groups excluding carboxylic acids is 1. The van der Waals surface area contributed by atoms with Gasteiger partial charge in [0.25, 0.3) is 0 Å². The second kappa shape index (κ2) is 8.18.